The molecule has 4 nitrogen and oxygen atoms in total. The molecular weight excluding hydrogens is 182 g/mol. The Hall–Kier alpha value is -0.610. The summed E-state index contributed by atoms with van der Waals surface area (Å²) in [6.07, 6.45) is 0.238. The number of amides is 1. The van der Waals surface area contributed by atoms with Crippen LogP contribution < -0.4 is 0 Å². The summed E-state index contributed by atoms with van der Waals surface area (Å²) in [5, 5.41) is 0. The number of carbonyl (C=O) groups excluding carboxylic acids is 1. The number of ether oxygens (including phenoxy) is 2. The highest BCUT2D eigenvalue weighted by Gasteiger charge is 2.33. The van der Waals surface area contributed by atoms with Gasteiger partial charge in [-0.15, -0.1) is 0 Å². The van der Waals surface area contributed by atoms with Crippen molar-refractivity contribution in [3.05, 3.63) is 0 Å². The lowest BCUT2D eigenvalue weighted by molar-refractivity contribution is -0.147. The SMILES string of the molecule is CC(C)[C@H]1CN2C[C@H](CO1)OCC2=O. The van der Waals surface area contributed by atoms with Crippen molar-refractivity contribution in [2.45, 2.75) is 26.1 Å². The number of morpholine rings is 1. The number of rotatable bonds is 1. The van der Waals surface area contributed by atoms with Gasteiger partial charge in [0, 0.05) is 13.1 Å². The molecule has 14 heavy (non-hydrogen) atoms. The molecule has 2 rings (SSSR count). The van der Waals surface area contributed by atoms with E-state index in [9.17, 15) is 4.79 Å². The van der Waals surface area contributed by atoms with Gasteiger partial charge in [0.05, 0.1) is 18.8 Å². The van der Waals surface area contributed by atoms with Crippen molar-refractivity contribution >= 4 is 5.91 Å². The third-order valence-corrected chi connectivity index (χ3v) is 2.86. The number of carbonyl (C=O) groups is 1. The third kappa shape index (κ3) is 1.91. The summed E-state index contributed by atoms with van der Waals surface area (Å²) in [7, 11) is 0. The van der Waals surface area contributed by atoms with Crippen LogP contribution in [0.4, 0.5) is 0 Å². The van der Waals surface area contributed by atoms with Gasteiger partial charge in [0.1, 0.15) is 6.61 Å². The topological polar surface area (TPSA) is 38.8 Å². The molecule has 80 valence electrons. The summed E-state index contributed by atoms with van der Waals surface area (Å²) in [5.74, 6) is 0.541. The molecule has 0 radical (unpaired) electrons. The lowest BCUT2D eigenvalue weighted by Gasteiger charge is -2.30. The second-order valence-electron chi connectivity index (χ2n) is 4.35. The third-order valence-electron chi connectivity index (χ3n) is 2.86. The van der Waals surface area contributed by atoms with Crippen LogP contribution in [0, 0.1) is 5.92 Å². The maximum Gasteiger partial charge on any atom is 0.248 e. The molecule has 2 saturated heterocycles. The van der Waals surface area contributed by atoms with E-state index in [0.29, 0.717) is 19.1 Å². The molecule has 0 aliphatic carbocycles. The fraction of sp³-hybridized carbons (Fsp3) is 0.900. The Kier molecular flexibility index (Phi) is 2.74. The van der Waals surface area contributed by atoms with E-state index in [1.807, 2.05) is 4.90 Å². The van der Waals surface area contributed by atoms with E-state index < -0.39 is 0 Å². The number of fused-ring (bicyclic) bond motifs is 2. The fourth-order valence-electron chi connectivity index (χ4n) is 1.86. The van der Waals surface area contributed by atoms with Crippen LogP contribution in [0.5, 0.6) is 0 Å². The highest BCUT2D eigenvalue weighted by atomic mass is 16.5. The van der Waals surface area contributed by atoms with E-state index in [2.05, 4.69) is 13.8 Å². The highest BCUT2D eigenvalue weighted by molar-refractivity contribution is 5.78. The molecule has 2 heterocycles. The normalized spacial score (nSPS) is 33.4. The van der Waals surface area contributed by atoms with Gasteiger partial charge in [-0.05, 0) is 5.92 Å². The van der Waals surface area contributed by atoms with Crippen LogP contribution in [-0.2, 0) is 14.3 Å². The molecule has 0 aromatic heterocycles. The molecule has 0 saturated carbocycles. The van der Waals surface area contributed by atoms with Crippen molar-refractivity contribution in [3.63, 3.8) is 0 Å². The molecule has 2 aliphatic heterocycles. The van der Waals surface area contributed by atoms with Crippen LogP contribution in [0.2, 0.25) is 0 Å². The van der Waals surface area contributed by atoms with Crippen LogP contribution in [0.15, 0.2) is 0 Å². The van der Waals surface area contributed by atoms with Crippen LogP contribution in [0.25, 0.3) is 0 Å². The van der Waals surface area contributed by atoms with Gasteiger partial charge in [0.2, 0.25) is 5.91 Å². The Balaban J connectivity index is 2.06. The van der Waals surface area contributed by atoms with Crippen molar-refractivity contribution in [3.8, 4) is 0 Å². The number of hydrogen-bond acceptors (Lipinski definition) is 3. The molecule has 2 aliphatic rings. The summed E-state index contributed by atoms with van der Waals surface area (Å²) in [6, 6.07) is 0. The van der Waals surface area contributed by atoms with Gasteiger partial charge in [0.15, 0.2) is 0 Å². The first-order chi connectivity index (χ1) is 6.66. The number of nitrogens with zero attached hydrogens (tertiary/aromatic N) is 1. The first-order valence-corrected chi connectivity index (χ1v) is 5.18. The molecule has 0 aromatic rings. The van der Waals surface area contributed by atoms with Gasteiger partial charge in [-0.2, -0.15) is 0 Å². The summed E-state index contributed by atoms with van der Waals surface area (Å²) < 4.78 is 11.1. The first-order valence-electron chi connectivity index (χ1n) is 5.18. The monoisotopic (exact) mass is 199 g/mol. The van der Waals surface area contributed by atoms with Crippen molar-refractivity contribution in [2.24, 2.45) is 5.92 Å². The van der Waals surface area contributed by atoms with E-state index >= 15 is 0 Å². The molecule has 0 unspecified atom stereocenters. The highest BCUT2D eigenvalue weighted by Crippen LogP contribution is 2.18. The molecule has 0 N–H and O–H groups in total. The average Bonchev–Trinajstić information content (AvgIpc) is 2.32. The Morgan fingerprint density at radius 2 is 2.14 bits per heavy atom. The zero-order valence-corrected chi connectivity index (χ0v) is 8.73. The molecule has 4 heteroatoms. The minimum absolute atomic E-state index is 0.0800. The van der Waals surface area contributed by atoms with Gasteiger partial charge in [-0.3, -0.25) is 4.79 Å². The molecule has 2 bridgehead atoms. The van der Waals surface area contributed by atoms with Crippen molar-refractivity contribution in [1.29, 1.82) is 0 Å². The van der Waals surface area contributed by atoms with Crippen LogP contribution in [-0.4, -0.2) is 49.3 Å². The van der Waals surface area contributed by atoms with E-state index in [4.69, 9.17) is 9.47 Å². The molecule has 2 fully saturated rings. The molecule has 1 amide bonds. The second-order valence-corrected chi connectivity index (χ2v) is 4.35. The maximum absolute atomic E-state index is 11.5. The summed E-state index contributed by atoms with van der Waals surface area (Å²) in [5.41, 5.74) is 0. The summed E-state index contributed by atoms with van der Waals surface area (Å²) in [4.78, 5) is 13.3. The Morgan fingerprint density at radius 1 is 1.36 bits per heavy atom. The minimum Gasteiger partial charge on any atom is -0.373 e. The molecule has 0 aromatic carbocycles. The van der Waals surface area contributed by atoms with Crippen LogP contribution in [0.1, 0.15) is 13.8 Å². The Labute approximate surface area is 84.2 Å². The Morgan fingerprint density at radius 3 is 2.86 bits per heavy atom. The summed E-state index contributed by atoms with van der Waals surface area (Å²) in [6.45, 7) is 6.49. The minimum atomic E-state index is 0.0800. The van der Waals surface area contributed by atoms with Gasteiger partial charge in [0.25, 0.3) is 0 Å². The molecule has 2 atom stereocenters. The fourth-order valence-corrected chi connectivity index (χ4v) is 1.86. The van der Waals surface area contributed by atoms with Gasteiger partial charge in [-0.25, -0.2) is 0 Å². The van der Waals surface area contributed by atoms with Crippen LogP contribution in [0.3, 0.4) is 0 Å². The average molecular weight is 199 g/mol. The largest absolute Gasteiger partial charge is 0.373 e. The smallest absolute Gasteiger partial charge is 0.248 e. The number of hydrogen-bond donors (Lipinski definition) is 0. The lowest BCUT2D eigenvalue weighted by Crippen LogP contribution is -2.47. The quantitative estimate of drug-likeness (QED) is 0.608. The first kappa shape index (κ1) is 9.93. The summed E-state index contributed by atoms with van der Waals surface area (Å²) >= 11 is 0. The standard InChI is InChI=1S/C10H17NO3/c1-7(2)9-4-11-3-8(5-14-9)13-6-10(11)12/h7-9H,3-6H2,1-2H3/t8-,9-/m1/s1. The predicted molar refractivity (Wildman–Crippen MR) is 50.9 cm³/mol. The molecule has 0 spiro atoms. The van der Waals surface area contributed by atoms with Gasteiger partial charge in [-0.1, -0.05) is 13.8 Å². The van der Waals surface area contributed by atoms with E-state index in [0.717, 1.165) is 6.54 Å². The zero-order chi connectivity index (χ0) is 10.1. The zero-order valence-electron chi connectivity index (χ0n) is 8.73. The maximum atomic E-state index is 11.5. The van der Waals surface area contributed by atoms with E-state index in [-0.39, 0.29) is 24.7 Å². The lowest BCUT2D eigenvalue weighted by atomic mass is 10.1. The van der Waals surface area contributed by atoms with Crippen molar-refractivity contribution in [1.82, 2.24) is 4.90 Å². The van der Waals surface area contributed by atoms with Crippen LogP contribution >= 0.6 is 0 Å². The van der Waals surface area contributed by atoms with Gasteiger partial charge >= 0.3 is 0 Å². The molecular formula is C10H17NO3. The van der Waals surface area contributed by atoms with E-state index in [1.165, 1.54) is 0 Å². The van der Waals surface area contributed by atoms with Gasteiger partial charge < -0.3 is 14.4 Å². The second kappa shape index (κ2) is 3.87. The van der Waals surface area contributed by atoms with E-state index in [1.54, 1.807) is 0 Å². The van der Waals surface area contributed by atoms with Crippen molar-refractivity contribution in [2.75, 3.05) is 26.3 Å². The van der Waals surface area contributed by atoms with Crippen molar-refractivity contribution < 1.29 is 14.3 Å². The predicted octanol–water partition coefficient (Wildman–Crippen LogP) is 0.269. The Bertz CT molecular complexity index is 229.